The number of guanidine groups is 1. The number of aliphatic imine (C=N–C) groups is 1. The van der Waals surface area contributed by atoms with Gasteiger partial charge in [0.15, 0.2) is 5.96 Å². The van der Waals surface area contributed by atoms with E-state index < -0.39 is 0 Å². The molecule has 1 aromatic carbocycles. The summed E-state index contributed by atoms with van der Waals surface area (Å²) >= 11 is 1.67. The van der Waals surface area contributed by atoms with E-state index >= 15 is 0 Å². The number of benzene rings is 1. The average molecular weight is 470 g/mol. The van der Waals surface area contributed by atoms with E-state index in [1.54, 1.807) is 18.4 Å². The topological polar surface area (TPSA) is 62.5 Å². The van der Waals surface area contributed by atoms with Gasteiger partial charge in [-0.1, -0.05) is 32.0 Å². The van der Waals surface area contributed by atoms with Crippen LogP contribution in [0.25, 0.3) is 11.0 Å². The summed E-state index contributed by atoms with van der Waals surface area (Å²) in [6.07, 6.45) is 0. The first-order valence-electron chi connectivity index (χ1n) is 8.02. The van der Waals surface area contributed by atoms with E-state index in [4.69, 9.17) is 4.42 Å². The van der Waals surface area contributed by atoms with Gasteiger partial charge in [-0.25, -0.2) is 4.98 Å². The van der Waals surface area contributed by atoms with Gasteiger partial charge in [-0.05, 0) is 18.1 Å². The van der Waals surface area contributed by atoms with Gasteiger partial charge in [0, 0.05) is 17.8 Å². The Balaban J connectivity index is 0.00000225. The monoisotopic (exact) mass is 470 g/mol. The summed E-state index contributed by atoms with van der Waals surface area (Å²) in [4.78, 5) is 8.86. The van der Waals surface area contributed by atoms with E-state index in [-0.39, 0.29) is 24.0 Å². The highest BCUT2D eigenvalue weighted by Gasteiger charge is 2.07. The van der Waals surface area contributed by atoms with Crippen molar-refractivity contribution in [2.75, 3.05) is 7.05 Å². The summed E-state index contributed by atoms with van der Waals surface area (Å²) in [5.74, 6) is 2.08. The first-order valence-corrected chi connectivity index (χ1v) is 8.90. The van der Waals surface area contributed by atoms with Crippen LogP contribution in [-0.2, 0) is 13.1 Å². The van der Waals surface area contributed by atoms with Crippen LogP contribution in [0.3, 0.4) is 0 Å². The molecule has 0 spiro atoms. The minimum atomic E-state index is 0. The number of aromatic nitrogens is 1. The van der Waals surface area contributed by atoms with Crippen LogP contribution in [0.5, 0.6) is 0 Å². The van der Waals surface area contributed by atoms with Crippen molar-refractivity contribution in [1.82, 2.24) is 15.6 Å². The largest absolute Gasteiger partial charge is 0.459 e. The average Bonchev–Trinajstić information content (AvgIpc) is 3.21. The molecule has 0 bridgehead atoms. The number of rotatable bonds is 5. The lowest BCUT2D eigenvalue weighted by Crippen LogP contribution is -2.36. The number of hydrogen-bond donors (Lipinski definition) is 2. The Kier molecular flexibility index (Phi) is 7.24. The van der Waals surface area contributed by atoms with Crippen LogP contribution in [0.2, 0.25) is 0 Å². The molecule has 0 saturated carbocycles. The number of furan rings is 1. The van der Waals surface area contributed by atoms with Crippen molar-refractivity contribution >= 4 is 52.2 Å². The first kappa shape index (κ1) is 19.7. The van der Waals surface area contributed by atoms with Crippen LogP contribution in [0, 0.1) is 0 Å². The summed E-state index contributed by atoms with van der Waals surface area (Å²) in [6.45, 7) is 5.56. The fourth-order valence-corrected chi connectivity index (χ4v) is 3.24. The normalized spacial score (nSPS) is 11.6. The van der Waals surface area contributed by atoms with Gasteiger partial charge in [-0.2, -0.15) is 0 Å². The van der Waals surface area contributed by atoms with Gasteiger partial charge in [-0.15, -0.1) is 35.3 Å². The third kappa shape index (κ3) is 5.18. The number of fused-ring (bicyclic) bond motifs is 1. The highest BCUT2D eigenvalue weighted by molar-refractivity contribution is 14.0. The molecule has 3 aromatic rings. The van der Waals surface area contributed by atoms with Crippen LogP contribution in [-0.4, -0.2) is 18.0 Å². The molecule has 134 valence electrons. The van der Waals surface area contributed by atoms with Gasteiger partial charge in [0.05, 0.1) is 18.8 Å². The molecule has 0 amide bonds. The standard InChI is InChI=1S/C18H22N4OS.HI/c1-12(2)15-11-24-17(22-15)10-21-18(19-3)20-9-14-8-13-6-4-5-7-16(13)23-14;/h4-8,11-12H,9-10H2,1-3H3,(H2,19,20,21);1H. The second-order valence-electron chi connectivity index (χ2n) is 5.85. The van der Waals surface area contributed by atoms with E-state index in [0.29, 0.717) is 19.0 Å². The van der Waals surface area contributed by atoms with Crippen molar-refractivity contribution in [3.05, 3.63) is 52.2 Å². The molecular formula is C18H23IN4OS. The minimum Gasteiger partial charge on any atom is -0.459 e. The molecule has 0 unspecified atom stereocenters. The molecule has 0 atom stereocenters. The van der Waals surface area contributed by atoms with Crippen molar-refractivity contribution in [2.24, 2.45) is 4.99 Å². The molecule has 2 heterocycles. The molecule has 0 radical (unpaired) electrons. The number of halogens is 1. The molecule has 0 saturated heterocycles. The highest BCUT2D eigenvalue weighted by Crippen LogP contribution is 2.19. The van der Waals surface area contributed by atoms with Gasteiger partial charge < -0.3 is 15.1 Å². The Labute approximate surface area is 169 Å². The van der Waals surface area contributed by atoms with Crippen molar-refractivity contribution < 1.29 is 4.42 Å². The lowest BCUT2D eigenvalue weighted by molar-refractivity contribution is 0.538. The Bertz CT molecular complexity index is 807. The van der Waals surface area contributed by atoms with Gasteiger partial charge in [0.2, 0.25) is 0 Å². The molecule has 2 N–H and O–H groups in total. The number of para-hydroxylation sites is 1. The van der Waals surface area contributed by atoms with Gasteiger partial charge >= 0.3 is 0 Å². The van der Waals surface area contributed by atoms with Crippen molar-refractivity contribution in [3.8, 4) is 0 Å². The molecule has 5 nitrogen and oxygen atoms in total. The summed E-state index contributed by atoms with van der Waals surface area (Å²) in [5, 5.41) is 10.8. The van der Waals surface area contributed by atoms with Gasteiger partial charge in [0.25, 0.3) is 0 Å². The second-order valence-corrected chi connectivity index (χ2v) is 6.79. The van der Waals surface area contributed by atoms with E-state index in [1.165, 1.54) is 0 Å². The second kappa shape index (κ2) is 9.19. The SMILES string of the molecule is CN=C(NCc1cc2ccccc2o1)NCc1nc(C(C)C)cs1.I. The Morgan fingerprint density at radius 3 is 2.68 bits per heavy atom. The number of nitrogens with one attached hydrogen (secondary N) is 2. The quantitative estimate of drug-likeness (QED) is 0.328. The summed E-state index contributed by atoms with van der Waals surface area (Å²) in [7, 11) is 1.76. The molecule has 2 aromatic heterocycles. The van der Waals surface area contributed by atoms with E-state index in [1.807, 2.05) is 30.3 Å². The van der Waals surface area contributed by atoms with Gasteiger partial charge in [0.1, 0.15) is 16.4 Å². The molecule has 0 aliphatic heterocycles. The molecule has 3 rings (SSSR count). The Morgan fingerprint density at radius 1 is 1.24 bits per heavy atom. The van der Waals surface area contributed by atoms with Crippen LogP contribution >= 0.6 is 35.3 Å². The fraction of sp³-hybridized carbons (Fsp3) is 0.333. The summed E-state index contributed by atoms with van der Waals surface area (Å²) < 4.78 is 5.80. The Hall–Kier alpha value is -1.61. The minimum absolute atomic E-state index is 0. The molecule has 7 heteroatoms. The third-order valence-corrected chi connectivity index (χ3v) is 4.57. The fourth-order valence-electron chi connectivity index (χ4n) is 2.35. The predicted octanol–water partition coefficient (Wildman–Crippen LogP) is 4.50. The van der Waals surface area contributed by atoms with Gasteiger partial charge in [-0.3, -0.25) is 4.99 Å². The maximum atomic E-state index is 5.80. The highest BCUT2D eigenvalue weighted by atomic mass is 127. The number of hydrogen-bond acceptors (Lipinski definition) is 4. The van der Waals surface area contributed by atoms with Crippen LogP contribution in [0.4, 0.5) is 0 Å². The van der Waals surface area contributed by atoms with E-state index in [2.05, 4.69) is 39.8 Å². The lowest BCUT2D eigenvalue weighted by atomic mass is 10.2. The lowest BCUT2D eigenvalue weighted by Gasteiger charge is -2.09. The zero-order valence-corrected chi connectivity index (χ0v) is 17.7. The molecule has 25 heavy (non-hydrogen) atoms. The van der Waals surface area contributed by atoms with Crippen LogP contribution in [0.1, 0.15) is 36.2 Å². The van der Waals surface area contributed by atoms with Crippen molar-refractivity contribution in [1.29, 1.82) is 0 Å². The van der Waals surface area contributed by atoms with E-state index in [0.717, 1.165) is 33.4 Å². The van der Waals surface area contributed by atoms with Crippen LogP contribution < -0.4 is 10.6 Å². The molecule has 0 aliphatic carbocycles. The number of thiazole rings is 1. The first-order chi connectivity index (χ1) is 11.7. The Morgan fingerprint density at radius 2 is 2.00 bits per heavy atom. The van der Waals surface area contributed by atoms with Crippen LogP contribution in [0.15, 0.2) is 45.1 Å². The zero-order valence-electron chi connectivity index (χ0n) is 14.6. The molecular weight excluding hydrogens is 447 g/mol. The molecule has 0 aliphatic rings. The molecule has 0 fully saturated rings. The zero-order chi connectivity index (χ0) is 16.9. The number of nitrogens with zero attached hydrogens (tertiary/aromatic N) is 2. The van der Waals surface area contributed by atoms with Crippen molar-refractivity contribution in [2.45, 2.75) is 32.9 Å². The summed E-state index contributed by atoms with van der Waals surface area (Å²) in [6, 6.07) is 10.0. The van der Waals surface area contributed by atoms with E-state index in [9.17, 15) is 0 Å². The predicted molar refractivity (Wildman–Crippen MR) is 115 cm³/mol. The maximum absolute atomic E-state index is 5.80. The summed E-state index contributed by atoms with van der Waals surface area (Å²) in [5.41, 5.74) is 2.04. The maximum Gasteiger partial charge on any atom is 0.191 e. The van der Waals surface area contributed by atoms with Crippen molar-refractivity contribution in [3.63, 3.8) is 0 Å². The third-order valence-electron chi connectivity index (χ3n) is 3.70. The smallest absolute Gasteiger partial charge is 0.191 e.